The second-order valence-electron chi connectivity index (χ2n) is 6.76. The minimum Gasteiger partial charge on any atom is -0.342 e. The van der Waals surface area contributed by atoms with Crippen molar-refractivity contribution in [3.8, 4) is 0 Å². The van der Waals surface area contributed by atoms with Gasteiger partial charge in [-0.05, 0) is 31.7 Å². The third kappa shape index (κ3) is 4.13. The number of rotatable bonds is 7. The van der Waals surface area contributed by atoms with Gasteiger partial charge in [0, 0.05) is 26.1 Å². The highest BCUT2D eigenvalue weighted by Gasteiger charge is 2.31. The van der Waals surface area contributed by atoms with Crippen molar-refractivity contribution in [3.05, 3.63) is 47.3 Å². The van der Waals surface area contributed by atoms with Crippen molar-refractivity contribution in [2.24, 2.45) is 5.92 Å². The summed E-state index contributed by atoms with van der Waals surface area (Å²) in [5, 5.41) is 6.62. The normalized spacial score (nSPS) is 17.8. The lowest BCUT2D eigenvalue weighted by Crippen LogP contribution is -2.32. The van der Waals surface area contributed by atoms with Crippen LogP contribution in [0.1, 0.15) is 23.4 Å². The Hall–Kier alpha value is -2.19. The van der Waals surface area contributed by atoms with Gasteiger partial charge in [0.25, 0.3) is 0 Å². The molecule has 1 fully saturated rings. The number of aryl methyl sites for hydroxylation is 2. The van der Waals surface area contributed by atoms with Gasteiger partial charge in [0.1, 0.15) is 4.90 Å². The molecule has 0 bridgehead atoms. The molecule has 140 valence electrons. The van der Waals surface area contributed by atoms with Gasteiger partial charge in [0.05, 0.1) is 11.4 Å². The number of nitrogens with one attached hydrogen (secondary N) is 2. The van der Waals surface area contributed by atoms with Gasteiger partial charge in [-0.25, -0.2) is 13.1 Å². The maximum Gasteiger partial charge on any atom is 0.244 e. The molecule has 1 amide bonds. The van der Waals surface area contributed by atoms with Crippen LogP contribution in [0.4, 0.5) is 0 Å². The summed E-state index contributed by atoms with van der Waals surface area (Å²) in [6.07, 6.45) is 1.18. The Morgan fingerprint density at radius 1 is 1.27 bits per heavy atom. The van der Waals surface area contributed by atoms with Crippen LogP contribution in [0, 0.1) is 19.8 Å². The number of carbonyl (C=O) groups is 1. The number of nitrogens with zero attached hydrogens (tertiary/aromatic N) is 2. The van der Waals surface area contributed by atoms with Crippen LogP contribution in [0.15, 0.2) is 35.2 Å². The molecule has 2 heterocycles. The molecule has 0 aliphatic carbocycles. The molecule has 0 saturated carbocycles. The van der Waals surface area contributed by atoms with Crippen molar-refractivity contribution in [1.29, 1.82) is 0 Å². The minimum atomic E-state index is -3.63. The van der Waals surface area contributed by atoms with E-state index in [0.717, 1.165) is 6.42 Å². The average molecular weight is 376 g/mol. The summed E-state index contributed by atoms with van der Waals surface area (Å²) in [5.74, 6) is 0.0707. The van der Waals surface area contributed by atoms with Crippen LogP contribution >= 0.6 is 0 Å². The number of aromatic nitrogens is 2. The third-order valence-electron chi connectivity index (χ3n) is 4.70. The Labute approximate surface area is 153 Å². The Kier molecular flexibility index (Phi) is 5.43. The fraction of sp³-hybridized carbons (Fsp3) is 0.444. The first-order valence-electron chi connectivity index (χ1n) is 8.70. The van der Waals surface area contributed by atoms with E-state index in [1.165, 1.54) is 5.56 Å². The van der Waals surface area contributed by atoms with Gasteiger partial charge >= 0.3 is 0 Å². The van der Waals surface area contributed by atoms with Crippen LogP contribution in [0.5, 0.6) is 0 Å². The Morgan fingerprint density at radius 3 is 2.65 bits per heavy atom. The van der Waals surface area contributed by atoms with Crippen LogP contribution < -0.4 is 4.72 Å². The molecule has 26 heavy (non-hydrogen) atoms. The molecular weight excluding hydrogens is 352 g/mol. The zero-order chi connectivity index (χ0) is 18.7. The third-order valence-corrected chi connectivity index (χ3v) is 6.38. The molecule has 7 nitrogen and oxygen atoms in total. The number of carbonyl (C=O) groups excluding carboxylic acids is 1. The predicted molar refractivity (Wildman–Crippen MR) is 98.1 cm³/mol. The molecular formula is C18H24N4O3S. The molecule has 2 N–H and O–H groups in total. The molecule has 0 spiro atoms. The van der Waals surface area contributed by atoms with E-state index in [4.69, 9.17) is 0 Å². The lowest BCUT2D eigenvalue weighted by atomic mass is 10.1. The lowest BCUT2D eigenvalue weighted by molar-refractivity contribution is -0.127. The summed E-state index contributed by atoms with van der Waals surface area (Å²) >= 11 is 0. The maximum absolute atomic E-state index is 12.5. The van der Waals surface area contributed by atoms with Crippen LogP contribution in [0.3, 0.4) is 0 Å². The van der Waals surface area contributed by atoms with Gasteiger partial charge in [-0.1, -0.05) is 30.3 Å². The maximum atomic E-state index is 12.5. The second kappa shape index (κ2) is 7.59. The van der Waals surface area contributed by atoms with Crippen LogP contribution in [0.2, 0.25) is 0 Å². The van der Waals surface area contributed by atoms with E-state index in [9.17, 15) is 13.2 Å². The number of amides is 1. The van der Waals surface area contributed by atoms with E-state index in [1.54, 1.807) is 13.8 Å². The standard InChI is InChI=1S/C18H24N4O3S/c1-13-18(14(2)21-20-13)26(24,25)19-11-16-10-17(23)22(12-16)9-8-15-6-4-3-5-7-15/h3-7,16,19H,8-12H2,1-2H3,(H,20,21). The summed E-state index contributed by atoms with van der Waals surface area (Å²) < 4.78 is 27.6. The molecule has 1 aliphatic heterocycles. The van der Waals surface area contributed by atoms with E-state index in [0.29, 0.717) is 30.9 Å². The van der Waals surface area contributed by atoms with Crippen molar-refractivity contribution >= 4 is 15.9 Å². The first-order chi connectivity index (χ1) is 12.4. The number of likely N-dealkylation sites (tertiary alicyclic amines) is 1. The summed E-state index contributed by atoms with van der Waals surface area (Å²) in [6.45, 7) is 4.82. The Morgan fingerprint density at radius 2 is 2.00 bits per heavy atom. The van der Waals surface area contributed by atoms with Gasteiger partial charge in [0.15, 0.2) is 0 Å². The fourth-order valence-electron chi connectivity index (χ4n) is 3.35. The number of hydrogen-bond acceptors (Lipinski definition) is 4. The van der Waals surface area contributed by atoms with E-state index in [-0.39, 0.29) is 23.3 Å². The second-order valence-corrected chi connectivity index (χ2v) is 8.46. The Bertz CT molecular complexity index is 858. The number of aromatic amines is 1. The lowest BCUT2D eigenvalue weighted by Gasteiger charge is -2.17. The van der Waals surface area contributed by atoms with Crippen LogP contribution in [-0.2, 0) is 21.2 Å². The summed E-state index contributed by atoms with van der Waals surface area (Å²) in [4.78, 5) is 14.2. The first-order valence-corrected chi connectivity index (χ1v) is 10.2. The van der Waals surface area contributed by atoms with Gasteiger partial charge in [0.2, 0.25) is 15.9 Å². The highest BCUT2D eigenvalue weighted by Crippen LogP contribution is 2.20. The quantitative estimate of drug-likeness (QED) is 0.763. The SMILES string of the molecule is Cc1n[nH]c(C)c1S(=O)(=O)NCC1CC(=O)N(CCc2ccccc2)C1. The highest BCUT2D eigenvalue weighted by atomic mass is 32.2. The van der Waals surface area contributed by atoms with Crippen molar-refractivity contribution < 1.29 is 13.2 Å². The van der Waals surface area contributed by atoms with Gasteiger partial charge in [-0.3, -0.25) is 9.89 Å². The van der Waals surface area contributed by atoms with E-state index < -0.39 is 10.0 Å². The van der Waals surface area contributed by atoms with Gasteiger partial charge in [-0.2, -0.15) is 5.10 Å². The van der Waals surface area contributed by atoms with Gasteiger partial charge in [-0.15, -0.1) is 0 Å². The summed E-state index contributed by atoms with van der Waals surface area (Å²) in [7, 11) is -3.63. The molecule has 1 aliphatic rings. The zero-order valence-corrected chi connectivity index (χ0v) is 15.8. The van der Waals surface area contributed by atoms with E-state index in [1.807, 2.05) is 35.2 Å². The number of sulfonamides is 1. The highest BCUT2D eigenvalue weighted by molar-refractivity contribution is 7.89. The number of H-pyrrole nitrogens is 1. The average Bonchev–Trinajstić information content (AvgIpc) is 3.14. The molecule has 1 saturated heterocycles. The molecule has 2 aromatic rings. The molecule has 0 radical (unpaired) electrons. The van der Waals surface area contributed by atoms with Crippen molar-refractivity contribution in [3.63, 3.8) is 0 Å². The number of hydrogen-bond donors (Lipinski definition) is 2. The Balaban J connectivity index is 1.54. The monoisotopic (exact) mass is 376 g/mol. The molecule has 1 aromatic carbocycles. The molecule has 1 aromatic heterocycles. The fourth-order valence-corrected chi connectivity index (χ4v) is 4.83. The predicted octanol–water partition coefficient (Wildman–Crippen LogP) is 1.40. The zero-order valence-electron chi connectivity index (χ0n) is 15.0. The summed E-state index contributed by atoms with van der Waals surface area (Å²) in [5.41, 5.74) is 2.15. The number of benzene rings is 1. The van der Waals surface area contributed by atoms with Crippen molar-refractivity contribution in [1.82, 2.24) is 19.8 Å². The largest absolute Gasteiger partial charge is 0.342 e. The topological polar surface area (TPSA) is 95.2 Å². The molecule has 3 rings (SSSR count). The molecule has 8 heteroatoms. The van der Waals surface area contributed by atoms with Crippen molar-refractivity contribution in [2.45, 2.75) is 31.6 Å². The minimum absolute atomic E-state index is 0.0134. The van der Waals surface area contributed by atoms with Gasteiger partial charge < -0.3 is 4.90 Å². The summed E-state index contributed by atoms with van der Waals surface area (Å²) in [6, 6.07) is 10.0. The molecule has 1 unspecified atom stereocenters. The smallest absolute Gasteiger partial charge is 0.244 e. The van der Waals surface area contributed by atoms with Crippen LogP contribution in [0.25, 0.3) is 0 Å². The first kappa shape index (κ1) is 18.6. The van der Waals surface area contributed by atoms with E-state index in [2.05, 4.69) is 14.9 Å². The molecule has 1 atom stereocenters. The van der Waals surface area contributed by atoms with E-state index >= 15 is 0 Å². The van der Waals surface area contributed by atoms with Crippen molar-refractivity contribution in [2.75, 3.05) is 19.6 Å². The van der Waals surface area contributed by atoms with Crippen LogP contribution in [-0.4, -0.2) is 49.1 Å².